The van der Waals surface area contributed by atoms with Crippen LogP contribution in [0.1, 0.15) is 0 Å². The van der Waals surface area contributed by atoms with Crippen LogP contribution in [-0.4, -0.2) is 12.1 Å². The number of halogens is 1. The van der Waals surface area contributed by atoms with Crippen LogP contribution >= 0.6 is 34.3 Å². The highest BCUT2D eigenvalue weighted by atomic mass is 35.5. The molecule has 96 valence electrons. The fourth-order valence-corrected chi connectivity index (χ4v) is 3.55. The van der Waals surface area contributed by atoms with E-state index >= 15 is 0 Å². The van der Waals surface area contributed by atoms with E-state index in [2.05, 4.69) is 21.8 Å². The van der Waals surface area contributed by atoms with Gasteiger partial charge in [0.15, 0.2) is 0 Å². The Morgan fingerprint density at radius 2 is 2.05 bits per heavy atom. The average Bonchev–Trinajstić information content (AvgIpc) is 3.09. The van der Waals surface area contributed by atoms with Crippen molar-refractivity contribution in [2.45, 2.75) is 0 Å². The van der Waals surface area contributed by atoms with Gasteiger partial charge in [-0.25, -0.2) is 4.98 Å². The van der Waals surface area contributed by atoms with E-state index in [9.17, 15) is 0 Å². The SMILES string of the molecule is COc1ccc(-c2csc(-c3ccsc3)n2)cc1Cl. The van der Waals surface area contributed by atoms with Crippen LogP contribution in [0.4, 0.5) is 0 Å². The molecular formula is C14H10ClNOS2. The Balaban J connectivity index is 1.97. The lowest BCUT2D eigenvalue weighted by atomic mass is 10.1. The van der Waals surface area contributed by atoms with Crippen molar-refractivity contribution >= 4 is 34.3 Å². The molecule has 2 heterocycles. The Morgan fingerprint density at radius 3 is 2.74 bits per heavy atom. The second-order valence-corrected chi connectivity index (χ2v) is 5.94. The summed E-state index contributed by atoms with van der Waals surface area (Å²) < 4.78 is 5.15. The van der Waals surface area contributed by atoms with Gasteiger partial charge in [0.1, 0.15) is 10.8 Å². The molecule has 2 nitrogen and oxygen atoms in total. The Hall–Kier alpha value is -1.36. The maximum atomic E-state index is 6.14. The second kappa shape index (κ2) is 5.33. The number of hydrogen-bond donors (Lipinski definition) is 0. The first-order valence-electron chi connectivity index (χ1n) is 5.60. The van der Waals surface area contributed by atoms with E-state index in [1.54, 1.807) is 29.8 Å². The summed E-state index contributed by atoms with van der Waals surface area (Å²) >= 11 is 9.45. The van der Waals surface area contributed by atoms with Crippen LogP contribution in [-0.2, 0) is 0 Å². The Kier molecular flexibility index (Phi) is 3.55. The number of hydrogen-bond acceptors (Lipinski definition) is 4. The minimum Gasteiger partial charge on any atom is -0.495 e. The smallest absolute Gasteiger partial charge is 0.137 e. The monoisotopic (exact) mass is 307 g/mol. The predicted molar refractivity (Wildman–Crippen MR) is 82.4 cm³/mol. The van der Waals surface area contributed by atoms with Crippen LogP contribution in [0.5, 0.6) is 5.75 Å². The third-order valence-corrected chi connectivity index (χ3v) is 4.59. The van der Waals surface area contributed by atoms with Crippen LogP contribution in [0.15, 0.2) is 40.4 Å². The molecule has 0 N–H and O–H groups in total. The summed E-state index contributed by atoms with van der Waals surface area (Å²) in [7, 11) is 1.61. The van der Waals surface area contributed by atoms with Gasteiger partial charge in [-0.15, -0.1) is 11.3 Å². The van der Waals surface area contributed by atoms with E-state index in [1.807, 2.05) is 23.6 Å². The van der Waals surface area contributed by atoms with E-state index in [4.69, 9.17) is 16.3 Å². The van der Waals surface area contributed by atoms with Crippen LogP contribution in [0.2, 0.25) is 5.02 Å². The van der Waals surface area contributed by atoms with Crippen LogP contribution in [0, 0.1) is 0 Å². The lowest BCUT2D eigenvalue weighted by molar-refractivity contribution is 0.415. The molecular weight excluding hydrogens is 298 g/mol. The van der Waals surface area contributed by atoms with Gasteiger partial charge in [0.25, 0.3) is 0 Å². The molecule has 0 unspecified atom stereocenters. The summed E-state index contributed by atoms with van der Waals surface area (Å²) in [6.45, 7) is 0. The van der Waals surface area contributed by atoms with Gasteiger partial charge in [-0.3, -0.25) is 0 Å². The van der Waals surface area contributed by atoms with Crippen molar-refractivity contribution in [2.75, 3.05) is 7.11 Å². The summed E-state index contributed by atoms with van der Waals surface area (Å²) in [6.07, 6.45) is 0. The van der Waals surface area contributed by atoms with E-state index in [0.717, 1.165) is 16.3 Å². The predicted octanol–water partition coefficient (Wildman–Crippen LogP) is 5.20. The molecule has 0 spiro atoms. The van der Waals surface area contributed by atoms with Crippen molar-refractivity contribution in [1.82, 2.24) is 4.98 Å². The van der Waals surface area contributed by atoms with E-state index in [-0.39, 0.29) is 0 Å². The summed E-state index contributed by atoms with van der Waals surface area (Å²) in [4.78, 5) is 4.65. The molecule has 0 radical (unpaired) electrons. The third-order valence-electron chi connectivity index (χ3n) is 2.72. The second-order valence-electron chi connectivity index (χ2n) is 3.90. The molecule has 0 aliphatic heterocycles. The summed E-state index contributed by atoms with van der Waals surface area (Å²) in [6, 6.07) is 7.79. The van der Waals surface area contributed by atoms with Gasteiger partial charge in [0.05, 0.1) is 17.8 Å². The number of thiophene rings is 1. The largest absolute Gasteiger partial charge is 0.495 e. The third kappa shape index (κ3) is 2.52. The van der Waals surface area contributed by atoms with Crippen LogP contribution in [0.3, 0.4) is 0 Å². The Bertz CT molecular complexity index is 691. The number of rotatable bonds is 3. The molecule has 1 aromatic carbocycles. The lowest BCUT2D eigenvalue weighted by Crippen LogP contribution is -1.85. The molecule has 5 heteroatoms. The van der Waals surface area contributed by atoms with Crippen molar-refractivity contribution in [3.05, 3.63) is 45.4 Å². The molecule has 0 aliphatic carbocycles. The lowest BCUT2D eigenvalue weighted by Gasteiger charge is -2.04. The summed E-state index contributed by atoms with van der Waals surface area (Å²) in [5.74, 6) is 0.679. The first-order chi connectivity index (χ1) is 9.28. The van der Waals surface area contributed by atoms with Crippen molar-refractivity contribution in [1.29, 1.82) is 0 Å². The van der Waals surface area contributed by atoms with Crippen LogP contribution in [0.25, 0.3) is 21.8 Å². The highest BCUT2D eigenvalue weighted by molar-refractivity contribution is 7.14. The fourth-order valence-electron chi connectivity index (χ4n) is 1.75. The molecule has 0 saturated carbocycles. The molecule has 0 bridgehead atoms. The van der Waals surface area contributed by atoms with Crippen LogP contribution < -0.4 is 4.74 Å². The zero-order valence-corrected chi connectivity index (χ0v) is 12.5. The molecule has 2 aromatic heterocycles. The molecule has 0 amide bonds. The van der Waals surface area contributed by atoms with Gasteiger partial charge in [-0.1, -0.05) is 11.6 Å². The molecule has 0 fully saturated rings. The van der Waals surface area contributed by atoms with Gasteiger partial charge in [-0.05, 0) is 29.6 Å². The Morgan fingerprint density at radius 1 is 1.16 bits per heavy atom. The average molecular weight is 308 g/mol. The number of aromatic nitrogens is 1. The molecule has 0 aliphatic rings. The quantitative estimate of drug-likeness (QED) is 0.663. The standard InChI is InChI=1S/C14H10ClNOS2/c1-17-13-3-2-9(6-11(13)15)12-8-19-14(16-12)10-4-5-18-7-10/h2-8H,1H3. The highest BCUT2D eigenvalue weighted by Crippen LogP contribution is 2.33. The minimum absolute atomic E-state index is 0.602. The van der Waals surface area contributed by atoms with Gasteiger partial charge < -0.3 is 4.74 Å². The zero-order chi connectivity index (χ0) is 13.2. The van der Waals surface area contributed by atoms with Gasteiger partial charge in [0.2, 0.25) is 0 Å². The van der Waals surface area contributed by atoms with Crippen molar-refractivity contribution < 1.29 is 4.74 Å². The zero-order valence-electron chi connectivity index (χ0n) is 10.1. The van der Waals surface area contributed by atoms with E-state index in [1.165, 1.54) is 5.56 Å². The van der Waals surface area contributed by atoms with Gasteiger partial charge in [0, 0.05) is 21.9 Å². The molecule has 0 atom stereocenters. The van der Waals surface area contributed by atoms with Crippen molar-refractivity contribution in [3.8, 4) is 27.6 Å². The molecule has 3 rings (SSSR count). The fraction of sp³-hybridized carbons (Fsp3) is 0.0714. The molecule has 19 heavy (non-hydrogen) atoms. The number of methoxy groups -OCH3 is 1. The van der Waals surface area contributed by atoms with Gasteiger partial charge >= 0.3 is 0 Å². The first-order valence-corrected chi connectivity index (χ1v) is 7.80. The van der Waals surface area contributed by atoms with E-state index in [0.29, 0.717) is 10.8 Å². The number of ether oxygens (including phenoxy) is 1. The minimum atomic E-state index is 0.602. The number of thiazole rings is 1. The first kappa shape index (κ1) is 12.7. The summed E-state index contributed by atoms with van der Waals surface area (Å²) in [5.41, 5.74) is 3.11. The van der Waals surface area contributed by atoms with E-state index < -0.39 is 0 Å². The maximum Gasteiger partial charge on any atom is 0.137 e. The van der Waals surface area contributed by atoms with Crippen molar-refractivity contribution in [2.24, 2.45) is 0 Å². The number of benzene rings is 1. The summed E-state index contributed by atoms with van der Waals surface area (Å²) in [5, 5.41) is 7.84. The normalized spacial score (nSPS) is 10.6. The molecule has 3 aromatic rings. The van der Waals surface area contributed by atoms with Gasteiger partial charge in [-0.2, -0.15) is 11.3 Å². The highest BCUT2D eigenvalue weighted by Gasteiger charge is 2.09. The molecule has 0 saturated heterocycles. The van der Waals surface area contributed by atoms with Crippen molar-refractivity contribution in [3.63, 3.8) is 0 Å². The Labute approximate surface area is 124 Å². The number of nitrogens with zero attached hydrogens (tertiary/aromatic N) is 1. The topological polar surface area (TPSA) is 22.1 Å². The maximum absolute atomic E-state index is 6.14.